The van der Waals surface area contributed by atoms with Gasteiger partial charge in [0.05, 0.1) is 24.3 Å². The molecule has 0 bridgehead atoms. The molecule has 2 aliphatic heterocycles. The van der Waals surface area contributed by atoms with Crippen molar-refractivity contribution in [2.45, 2.75) is 25.7 Å². The summed E-state index contributed by atoms with van der Waals surface area (Å²) in [6, 6.07) is 18.3. The molecule has 1 unspecified atom stereocenters. The monoisotopic (exact) mass is 473 g/mol. The Labute approximate surface area is 207 Å². The van der Waals surface area contributed by atoms with Gasteiger partial charge in [0.2, 0.25) is 0 Å². The lowest BCUT2D eigenvalue weighted by Crippen LogP contribution is -2.38. The molecule has 1 atom stereocenters. The van der Waals surface area contributed by atoms with Gasteiger partial charge in [0, 0.05) is 44.3 Å². The van der Waals surface area contributed by atoms with Crippen LogP contribution in [0.4, 0.5) is 0 Å². The Bertz CT molecular complexity index is 1120. The van der Waals surface area contributed by atoms with Gasteiger partial charge in [0.1, 0.15) is 12.4 Å². The highest BCUT2D eigenvalue weighted by atomic mass is 16.5. The molecule has 2 fully saturated rings. The van der Waals surface area contributed by atoms with E-state index in [2.05, 4.69) is 34.1 Å². The number of morpholine rings is 1. The first-order valence-corrected chi connectivity index (χ1v) is 12.9. The van der Waals surface area contributed by atoms with E-state index in [1.54, 1.807) is 0 Å². The Kier molecular flexibility index (Phi) is 7.91. The molecule has 35 heavy (non-hydrogen) atoms. The maximum absolute atomic E-state index is 13.5. The third kappa shape index (κ3) is 6.00. The molecule has 5 rings (SSSR count). The summed E-state index contributed by atoms with van der Waals surface area (Å²) in [5, 5.41) is 1.25. The lowest BCUT2D eigenvalue weighted by Gasteiger charge is -2.26. The third-order valence-electron chi connectivity index (χ3n) is 7.27. The summed E-state index contributed by atoms with van der Waals surface area (Å²) in [6.45, 7) is 6.45. The zero-order valence-electron chi connectivity index (χ0n) is 20.4. The number of pyridine rings is 1. The van der Waals surface area contributed by atoms with E-state index in [-0.39, 0.29) is 5.91 Å². The Morgan fingerprint density at radius 3 is 2.77 bits per heavy atom. The molecular formula is C29H35N3O3. The SMILES string of the molecule is O=C(c1ccccc1OCCN1CCOCC1)N1CCCC(Cc2cccc3ncccc23)CC1. The summed E-state index contributed by atoms with van der Waals surface area (Å²) >= 11 is 0. The molecule has 2 aliphatic rings. The lowest BCUT2D eigenvalue weighted by atomic mass is 9.91. The summed E-state index contributed by atoms with van der Waals surface area (Å²) < 4.78 is 11.5. The molecule has 2 saturated heterocycles. The van der Waals surface area contributed by atoms with Crippen LogP contribution in [0.15, 0.2) is 60.8 Å². The molecule has 2 aromatic carbocycles. The van der Waals surface area contributed by atoms with Gasteiger partial charge in [-0.2, -0.15) is 0 Å². The zero-order valence-corrected chi connectivity index (χ0v) is 20.4. The molecule has 184 valence electrons. The zero-order chi connectivity index (χ0) is 23.9. The van der Waals surface area contributed by atoms with Gasteiger partial charge in [-0.05, 0) is 61.4 Å². The molecule has 0 aliphatic carbocycles. The molecule has 6 heteroatoms. The maximum atomic E-state index is 13.5. The molecular weight excluding hydrogens is 438 g/mol. The van der Waals surface area contributed by atoms with E-state index in [4.69, 9.17) is 9.47 Å². The topological polar surface area (TPSA) is 54.9 Å². The summed E-state index contributed by atoms with van der Waals surface area (Å²) in [5.41, 5.74) is 3.09. The highest BCUT2D eigenvalue weighted by molar-refractivity contribution is 5.97. The molecule has 6 nitrogen and oxygen atoms in total. The van der Waals surface area contributed by atoms with Crippen molar-refractivity contribution in [2.24, 2.45) is 5.92 Å². The van der Waals surface area contributed by atoms with E-state index in [1.807, 2.05) is 41.4 Å². The lowest BCUT2D eigenvalue weighted by molar-refractivity contribution is 0.0321. The Morgan fingerprint density at radius 2 is 1.86 bits per heavy atom. The molecule has 1 aromatic heterocycles. The number of hydrogen-bond donors (Lipinski definition) is 0. The average Bonchev–Trinajstić information content (AvgIpc) is 3.15. The summed E-state index contributed by atoms with van der Waals surface area (Å²) in [4.78, 5) is 22.4. The maximum Gasteiger partial charge on any atom is 0.257 e. The van der Waals surface area contributed by atoms with Gasteiger partial charge in [-0.1, -0.05) is 30.3 Å². The number of ether oxygens (including phenoxy) is 2. The van der Waals surface area contributed by atoms with Crippen LogP contribution in [0.1, 0.15) is 35.2 Å². The van der Waals surface area contributed by atoms with Crippen LogP contribution < -0.4 is 4.74 Å². The number of aromatic nitrogens is 1. The van der Waals surface area contributed by atoms with E-state index >= 15 is 0 Å². The summed E-state index contributed by atoms with van der Waals surface area (Å²) in [7, 11) is 0. The first kappa shape index (κ1) is 23.8. The number of fused-ring (bicyclic) bond motifs is 1. The number of hydrogen-bond acceptors (Lipinski definition) is 5. The number of para-hydroxylation sites is 1. The summed E-state index contributed by atoms with van der Waals surface area (Å²) in [6.07, 6.45) is 6.07. The Hall–Kier alpha value is -2.96. The smallest absolute Gasteiger partial charge is 0.257 e. The summed E-state index contributed by atoms with van der Waals surface area (Å²) in [5.74, 6) is 1.34. The molecule has 0 saturated carbocycles. The van der Waals surface area contributed by atoms with E-state index in [0.717, 1.165) is 77.1 Å². The highest BCUT2D eigenvalue weighted by Gasteiger charge is 2.24. The van der Waals surface area contributed by atoms with Crippen molar-refractivity contribution in [1.82, 2.24) is 14.8 Å². The number of benzene rings is 2. The van der Waals surface area contributed by atoms with E-state index in [9.17, 15) is 4.79 Å². The standard InChI is InChI=1S/C29H35N3O3/c33-29(26-8-1-2-11-28(26)35-21-18-31-16-19-34-20-17-31)32-14-5-6-23(12-15-32)22-24-7-3-10-27-25(24)9-4-13-30-27/h1-4,7-11,13,23H,5-6,12,14-22H2. The van der Waals surface area contributed by atoms with Crippen molar-refractivity contribution in [3.05, 3.63) is 71.9 Å². The van der Waals surface area contributed by atoms with Gasteiger partial charge < -0.3 is 14.4 Å². The van der Waals surface area contributed by atoms with Crippen molar-refractivity contribution in [2.75, 3.05) is 52.5 Å². The van der Waals surface area contributed by atoms with Crippen LogP contribution >= 0.6 is 0 Å². The first-order valence-electron chi connectivity index (χ1n) is 12.9. The fourth-order valence-corrected chi connectivity index (χ4v) is 5.28. The number of rotatable bonds is 7. The van der Waals surface area contributed by atoms with Crippen LogP contribution in [0.2, 0.25) is 0 Å². The second kappa shape index (κ2) is 11.6. The molecule has 3 heterocycles. The molecule has 1 amide bonds. The second-order valence-corrected chi connectivity index (χ2v) is 9.58. The van der Waals surface area contributed by atoms with Crippen molar-refractivity contribution in [1.29, 1.82) is 0 Å². The minimum atomic E-state index is 0.0852. The number of amides is 1. The van der Waals surface area contributed by atoms with Gasteiger partial charge in [0.15, 0.2) is 0 Å². The van der Waals surface area contributed by atoms with Gasteiger partial charge in [0.25, 0.3) is 5.91 Å². The van der Waals surface area contributed by atoms with E-state index < -0.39 is 0 Å². The molecule has 0 N–H and O–H groups in total. The van der Waals surface area contributed by atoms with Crippen molar-refractivity contribution in [3.63, 3.8) is 0 Å². The third-order valence-corrected chi connectivity index (χ3v) is 7.27. The second-order valence-electron chi connectivity index (χ2n) is 9.58. The fraction of sp³-hybridized carbons (Fsp3) is 0.448. The van der Waals surface area contributed by atoms with Gasteiger partial charge in [-0.25, -0.2) is 0 Å². The molecule has 0 radical (unpaired) electrons. The predicted molar refractivity (Wildman–Crippen MR) is 138 cm³/mol. The minimum absolute atomic E-state index is 0.0852. The van der Waals surface area contributed by atoms with Crippen LogP contribution in [0.25, 0.3) is 10.9 Å². The van der Waals surface area contributed by atoms with E-state index in [0.29, 0.717) is 23.8 Å². The Morgan fingerprint density at radius 1 is 0.971 bits per heavy atom. The van der Waals surface area contributed by atoms with Crippen LogP contribution in [0.3, 0.4) is 0 Å². The average molecular weight is 474 g/mol. The van der Waals surface area contributed by atoms with Crippen LogP contribution in [-0.4, -0.2) is 73.2 Å². The van der Waals surface area contributed by atoms with Gasteiger partial charge in [-0.3, -0.25) is 14.7 Å². The minimum Gasteiger partial charge on any atom is -0.491 e. The number of carbonyl (C=O) groups excluding carboxylic acids is 1. The highest BCUT2D eigenvalue weighted by Crippen LogP contribution is 2.27. The van der Waals surface area contributed by atoms with Crippen molar-refractivity contribution < 1.29 is 14.3 Å². The number of likely N-dealkylation sites (tertiary alicyclic amines) is 1. The van der Waals surface area contributed by atoms with Gasteiger partial charge >= 0.3 is 0 Å². The first-order chi connectivity index (χ1) is 17.3. The number of carbonyl (C=O) groups is 1. The fourth-order valence-electron chi connectivity index (χ4n) is 5.28. The van der Waals surface area contributed by atoms with Crippen molar-refractivity contribution >= 4 is 16.8 Å². The molecule has 3 aromatic rings. The van der Waals surface area contributed by atoms with Crippen LogP contribution in [0, 0.1) is 5.92 Å². The van der Waals surface area contributed by atoms with Crippen LogP contribution in [0.5, 0.6) is 5.75 Å². The quantitative estimate of drug-likeness (QED) is 0.508. The van der Waals surface area contributed by atoms with Crippen molar-refractivity contribution in [3.8, 4) is 5.75 Å². The van der Waals surface area contributed by atoms with Crippen LogP contribution in [-0.2, 0) is 11.2 Å². The van der Waals surface area contributed by atoms with E-state index in [1.165, 1.54) is 10.9 Å². The number of nitrogens with zero attached hydrogens (tertiary/aromatic N) is 3. The predicted octanol–water partition coefficient (Wildman–Crippen LogP) is 4.43. The Balaban J connectivity index is 1.19. The molecule has 0 spiro atoms. The van der Waals surface area contributed by atoms with Gasteiger partial charge in [-0.15, -0.1) is 0 Å². The largest absolute Gasteiger partial charge is 0.491 e. The normalized spacial score (nSPS) is 19.4.